The standard InChI is InChI=1S/C28H44N6O3/c1-5-6-19(2)30-28-29-17-23-26(31-28)24(20-7-9-22(35)10-8-20)18-34(27(23)37)21-11-14-33(15-12-21)16-13-25(36)32(3)4/h17-22,35H,5-16H2,1-4H3,(H,29,30,31). The molecule has 1 unspecified atom stereocenters. The summed E-state index contributed by atoms with van der Waals surface area (Å²) in [4.78, 5) is 39.0. The first-order chi connectivity index (χ1) is 17.8. The van der Waals surface area contributed by atoms with Crippen LogP contribution in [-0.2, 0) is 4.79 Å². The van der Waals surface area contributed by atoms with Gasteiger partial charge in [-0.3, -0.25) is 9.59 Å². The molecule has 9 nitrogen and oxygen atoms in total. The van der Waals surface area contributed by atoms with Crippen LogP contribution in [-0.4, -0.2) is 81.2 Å². The van der Waals surface area contributed by atoms with Crippen LogP contribution in [0.4, 0.5) is 5.95 Å². The Bertz CT molecular complexity index is 1120. The quantitative estimate of drug-likeness (QED) is 0.530. The van der Waals surface area contributed by atoms with Crippen LogP contribution in [0.15, 0.2) is 17.2 Å². The van der Waals surface area contributed by atoms with Crippen molar-refractivity contribution in [3.63, 3.8) is 0 Å². The van der Waals surface area contributed by atoms with Crippen molar-refractivity contribution in [3.05, 3.63) is 28.3 Å². The maximum atomic E-state index is 13.7. The van der Waals surface area contributed by atoms with E-state index in [9.17, 15) is 14.7 Å². The van der Waals surface area contributed by atoms with E-state index in [1.54, 1.807) is 25.2 Å². The molecule has 0 spiro atoms. The molecule has 2 fully saturated rings. The van der Waals surface area contributed by atoms with E-state index in [0.717, 1.165) is 82.1 Å². The summed E-state index contributed by atoms with van der Waals surface area (Å²) in [7, 11) is 3.58. The van der Waals surface area contributed by atoms with E-state index in [1.165, 1.54) is 0 Å². The van der Waals surface area contributed by atoms with Crippen LogP contribution in [0.1, 0.15) is 89.2 Å². The molecule has 37 heavy (non-hydrogen) atoms. The minimum absolute atomic E-state index is 0.0241. The highest BCUT2D eigenvalue weighted by atomic mass is 16.3. The van der Waals surface area contributed by atoms with Gasteiger partial charge in [0, 0.05) is 64.6 Å². The first-order valence-corrected chi connectivity index (χ1v) is 14.1. The summed E-state index contributed by atoms with van der Waals surface area (Å²) in [6.45, 7) is 6.78. The lowest BCUT2D eigenvalue weighted by Gasteiger charge is -2.34. The van der Waals surface area contributed by atoms with Gasteiger partial charge >= 0.3 is 0 Å². The fourth-order valence-electron chi connectivity index (χ4n) is 5.82. The summed E-state index contributed by atoms with van der Waals surface area (Å²) in [5, 5.41) is 14.1. The van der Waals surface area contributed by atoms with Gasteiger partial charge in [-0.2, -0.15) is 0 Å². The minimum Gasteiger partial charge on any atom is -0.393 e. The SMILES string of the molecule is CCCC(C)Nc1ncc2c(=O)n(C3CCN(CCC(=O)N(C)C)CC3)cc(C3CCC(O)CC3)c2n1. The minimum atomic E-state index is -0.237. The van der Waals surface area contributed by atoms with E-state index in [2.05, 4.69) is 35.2 Å². The van der Waals surface area contributed by atoms with Crippen molar-refractivity contribution in [2.75, 3.05) is 39.0 Å². The number of carbonyl (C=O) groups excluding carboxylic acids is 1. The van der Waals surface area contributed by atoms with E-state index < -0.39 is 0 Å². The van der Waals surface area contributed by atoms with Gasteiger partial charge in [-0.15, -0.1) is 0 Å². The second kappa shape index (κ2) is 12.3. The summed E-state index contributed by atoms with van der Waals surface area (Å²) in [6.07, 6.45) is 11.2. The van der Waals surface area contributed by atoms with Crippen LogP contribution < -0.4 is 10.9 Å². The third-order valence-electron chi connectivity index (χ3n) is 8.13. The third-order valence-corrected chi connectivity index (χ3v) is 8.13. The van der Waals surface area contributed by atoms with Crippen molar-refractivity contribution in [3.8, 4) is 0 Å². The molecule has 1 amide bonds. The number of nitrogens with zero attached hydrogens (tertiary/aromatic N) is 5. The molecule has 2 aliphatic rings. The highest BCUT2D eigenvalue weighted by Crippen LogP contribution is 2.36. The monoisotopic (exact) mass is 512 g/mol. The van der Waals surface area contributed by atoms with Crippen molar-refractivity contribution in [2.24, 2.45) is 0 Å². The van der Waals surface area contributed by atoms with E-state index in [4.69, 9.17) is 4.98 Å². The van der Waals surface area contributed by atoms with Crippen LogP contribution in [0.25, 0.3) is 10.9 Å². The Morgan fingerprint density at radius 1 is 1.19 bits per heavy atom. The summed E-state index contributed by atoms with van der Waals surface area (Å²) >= 11 is 0. The number of hydrogen-bond acceptors (Lipinski definition) is 7. The number of anilines is 1. The van der Waals surface area contributed by atoms with Gasteiger partial charge in [0.05, 0.1) is 17.0 Å². The number of aliphatic hydroxyl groups is 1. The van der Waals surface area contributed by atoms with Crippen LogP contribution >= 0.6 is 0 Å². The fraction of sp³-hybridized carbons (Fsp3) is 0.714. The normalized spacial score (nSPS) is 22.2. The Hall–Kier alpha value is -2.52. The van der Waals surface area contributed by atoms with Crippen molar-refractivity contribution >= 4 is 22.8 Å². The maximum Gasteiger partial charge on any atom is 0.261 e. The second-order valence-corrected chi connectivity index (χ2v) is 11.2. The number of nitrogens with one attached hydrogen (secondary N) is 1. The Morgan fingerprint density at radius 2 is 1.89 bits per heavy atom. The lowest BCUT2D eigenvalue weighted by atomic mass is 9.82. The summed E-state index contributed by atoms with van der Waals surface area (Å²) in [5.74, 6) is 0.988. The number of aliphatic hydroxyl groups excluding tert-OH is 1. The average molecular weight is 513 g/mol. The van der Waals surface area contributed by atoms with E-state index in [-0.39, 0.29) is 35.6 Å². The summed E-state index contributed by atoms with van der Waals surface area (Å²) in [5.41, 5.74) is 1.83. The van der Waals surface area contributed by atoms with E-state index in [1.807, 2.05) is 4.57 Å². The van der Waals surface area contributed by atoms with Crippen LogP contribution in [0.5, 0.6) is 0 Å². The molecule has 2 aromatic rings. The number of pyridine rings is 1. The number of hydrogen-bond donors (Lipinski definition) is 2. The molecule has 204 valence electrons. The topological polar surface area (TPSA) is 104 Å². The molecule has 0 radical (unpaired) electrons. The molecule has 3 heterocycles. The molecule has 0 aromatic carbocycles. The number of amides is 1. The average Bonchev–Trinajstić information content (AvgIpc) is 2.88. The fourth-order valence-corrected chi connectivity index (χ4v) is 5.82. The lowest BCUT2D eigenvalue weighted by molar-refractivity contribution is -0.129. The molecular weight excluding hydrogens is 468 g/mol. The number of fused-ring (bicyclic) bond motifs is 1. The molecule has 1 saturated carbocycles. The molecular formula is C28H44N6O3. The number of likely N-dealkylation sites (tertiary alicyclic amines) is 1. The van der Waals surface area contributed by atoms with Gasteiger partial charge in [0.25, 0.3) is 5.56 Å². The molecule has 1 aliphatic heterocycles. The highest BCUT2D eigenvalue weighted by molar-refractivity contribution is 5.81. The highest BCUT2D eigenvalue weighted by Gasteiger charge is 2.28. The number of piperidine rings is 1. The van der Waals surface area contributed by atoms with Crippen molar-refractivity contribution in [2.45, 2.75) is 95.7 Å². The molecule has 4 rings (SSSR count). The predicted octanol–water partition coefficient (Wildman–Crippen LogP) is 3.53. The zero-order valence-corrected chi connectivity index (χ0v) is 22.9. The number of aromatic nitrogens is 3. The molecule has 2 N–H and O–H groups in total. The van der Waals surface area contributed by atoms with Gasteiger partial charge in [-0.1, -0.05) is 13.3 Å². The molecule has 0 bridgehead atoms. The van der Waals surface area contributed by atoms with Gasteiger partial charge in [0.1, 0.15) is 0 Å². The van der Waals surface area contributed by atoms with Crippen LogP contribution in [0.3, 0.4) is 0 Å². The van der Waals surface area contributed by atoms with Gasteiger partial charge in [0.2, 0.25) is 11.9 Å². The van der Waals surface area contributed by atoms with Gasteiger partial charge < -0.3 is 24.8 Å². The first-order valence-electron chi connectivity index (χ1n) is 14.1. The van der Waals surface area contributed by atoms with E-state index >= 15 is 0 Å². The van der Waals surface area contributed by atoms with E-state index in [0.29, 0.717) is 17.8 Å². The molecule has 2 aromatic heterocycles. The Labute approximate surface area is 220 Å². The first kappa shape index (κ1) is 27.5. The molecule has 1 saturated heterocycles. The number of carbonyl (C=O) groups is 1. The van der Waals surface area contributed by atoms with Crippen molar-refractivity contribution < 1.29 is 9.90 Å². The Kier molecular flexibility index (Phi) is 9.18. The summed E-state index contributed by atoms with van der Waals surface area (Å²) < 4.78 is 1.93. The van der Waals surface area contributed by atoms with Gasteiger partial charge in [-0.25, -0.2) is 9.97 Å². The summed E-state index contributed by atoms with van der Waals surface area (Å²) in [6, 6.07) is 0.377. The number of rotatable bonds is 9. The van der Waals surface area contributed by atoms with Gasteiger partial charge in [-0.05, 0) is 63.4 Å². The van der Waals surface area contributed by atoms with Crippen LogP contribution in [0, 0.1) is 0 Å². The van der Waals surface area contributed by atoms with Crippen molar-refractivity contribution in [1.29, 1.82) is 0 Å². The molecule has 1 aliphatic carbocycles. The van der Waals surface area contributed by atoms with Crippen molar-refractivity contribution in [1.82, 2.24) is 24.3 Å². The van der Waals surface area contributed by atoms with Gasteiger partial charge in [0.15, 0.2) is 0 Å². The zero-order valence-electron chi connectivity index (χ0n) is 22.9. The maximum absolute atomic E-state index is 13.7. The second-order valence-electron chi connectivity index (χ2n) is 11.2. The zero-order chi connectivity index (χ0) is 26.5. The third kappa shape index (κ3) is 6.68. The Balaban J connectivity index is 1.60. The molecule has 9 heteroatoms. The molecule has 1 atom stereocenters. The van der Waals surface area contributed by atoms with Crippen LogP contribution in [0.2, 0.25) is 0 Å². The largest absolute Gasteiger partial charge is 0.393 e. The predicted molar refractivity (Wildman–Crippen MR) is 147 cm³/mol. The Morgan fingerprint density at radius 3 is 2.54 bits per heavy atom. The smallest absolute Gasteiger partial charge is 0.261 e. The lowest BCUT2D eigenvalue weighted by Crippen LogP contribution is -2.39.